The Morgan fingerprint density at radius 1 is 1.82 bits per heavy atom. The van der Waals surface area contributed by atoms with Gasteiger partial charge in [0.1, 0.15) is 12.2 Å². The summed E-state index contributed by atoms with van der Waals surface area (Å²) in [7, 11) is 0. The van der Waals surface area contributed by atoms with Crippen molar-refractivity contribution in [1.29, 1.82) is 5.26 Å². The topological polar surface area (TPSA) is 49.8 Å². The minimum atomic E-state index is -1.31. The van der Waals surface area contributed by atoms with Crippen LogP contribution >= 0.6 is 0 Å². The second-order valence-electron chi connectivity index (χ2n) is 2.86. The van der Waals surface area contributed by atoms with Crippen LogP contribution in [0, 0.1) is 11.3 Å². The molecule has 0 saturated carbocycles. The highest BCUT2D eigenvalue weighted by Crippen LogP contribution is 2.12. The van der Waals surface area contributed by atoms with Crippen molar-refractivity contribution in [2.45, 2.75) is 25.3 Å². The van der Waals surface area contributed by atoms with E-state index >= 15 is 0 Å². The van der Waals surface area contributed by atoms with Crippen LogP contribution in [0.2, 0.25) is 0 Å². The maximum absolute atomic E-state index is 12.1. The van der Waals surface area contributed by atoms with Crippen LogP contribution in [-0.2, 0) is 0 Å². The molecule has 2 N–H and O–H groups in total. The van der Waals surface area contributed by atoms with Crippen LogP contribution in [0.1, 0.15) is 19.8 Å². The van der Waals surface area contributed by atoms with E-state index in [2.05, 4.69) is 6.58 Å². The monoisotopic (exact) mass is 156 g/mol. The fourth-order valence-corrected chi connectivity index (χ4v) is 0.589. The lowest BCUT2D eigenvalue weighted by Crippen LogP contribution is -2.40. The number of hydrogen-bond donors (Lipinski definition) is 1. The van der Waals surface area contributed by atoms with Crippen molar-refractivity contribution in [3.05, 3.63) is 12.2 Å². The van der Waals surface area contributed by atoms with Gasteiger partial charge in [-0.1, -0.05) is 5.57 Å². The molecule has 0 saturated heterocycles. The number of alkyl halides is 1. The van der Waals surface area contributed by atoms with Crippen molar-refractivity contribution in [3.8, 4) is 6.07 Å². The van der Waals surface area contributed by atoms with Crippen LogP contribution in [-0.4, -0.2) is 12.2 Å². The fourth-order valence-electron chi connectivity index (χ4n) is 0.589. The molecule has 0 aromatic carbocycles. The Bertz CT molecular complexity index is 183. The Balaban J connectivity index is 3.91. The van der Waals surface area contributed by atoms with E-state index in [1.165, 1.54) is 0 Å². The largest absolute Gasteiger partial charge is 0.311 e. The minimum Gasteiger partial charge on any atom is -0.311 e. The summed E-state index contributed by atoms with van der Waals surface area (Å²) < 4.78 is 12.1. The molecule has 0 amide bonds. The summed E-state index contributed by atoms with van der Waals surface area (Å²) in [4.78, 5) is 0. The molecule has 2 nitrogen and oxygen atoms in total. The minimum absolute atomic E-state index is 0.343. The number of nitriles is 1. The summed E-state index contributed by atoms with van der Waals surface area (Å²) in [5.74, 6) is 0. The van der Waals surface area contributed by atoms with Crippen molar-refractivity contribution < 1.29 is 4.39 Å². The first-order valence-corrected chi connectivity index (χ1v) is 3.44. The summed E-state index contributed by atoms with van der Waals surface area (Å²) in [5.41, 5.74) is 4.98. The van der Waals surface area contributed by atoms with E-state index in [-0.39, 0.29) is 0 Å². The molecule has 0 heterocycles. The molecule has 0 aliphatic carbocycles. The average molecular weight is 156 g/mol. The predicted octanol–water partition coefficient (Wildman–Crippen LogP) is 1.53. The third-order valence-electron chi connectivity index (χ3n) is 1.46. The van der Waals surface area contributed by atoms with Crippen molar-refractivity contribution in [3.63, 3.8) is 0 Å². The summed E-state index contributed by atoms with van der Waals surface area (Å²) in [5, 5.41) is 8.45. The average Bonchev–Trinajstić information content (AvgIpc) is 2.00. The van der Waals surface area contributed by atoms with Crippen LogP contribution < -0.4 is 5.73 Å². The Morgan fingerprint density at radius 3 is 2.64 bits per heavy atom. The fraction of sp³-hybridized carbons (Fsp3) is 0.625. The molecular formula is C8H13FN2. The van der Waals surface area contributed by atoms with Crippen LogP contribution in [0.3, 0.4) is 0 Å². The second-order valence-corrected chi connectivity index (χ2v) is 2.86. The van der Waals surface area contributed by atoms with E-state index in [4.69, 9.17) is 11.0 Å². The van der Waals surface area contributed by atoms with Crippen molar-refractivity contribution in [2.24, 2.45) is 5.73 Å². The van der Waals surface area contributed by atoms with Crippen molar-refractivity contribution >= 4 is 0 Å². The highest BCUT2D eigenvalue weighted by atomic mass is 19.1. The molecule has 0 bridgehead atoms. The maximum Gasteiger partial charge on any atom is 0.133 e. The zero-order chi connectivity index (χ0) is 8.91. The summed E-state index contributed by atoms with van der Waals surface area (Å²) in [6.45, 7) is 4.67. The summed E-state index contributed by atoms with van der Waals surface area (Å²) in [6, 6.07) is 1.75. The molecule has 1 atom stereocenters. The maximum atomic E-state index is 12.1. The molecule has 0 radical (unpaired) electrons. The van der Waals surface area contributed by atoms with Gasteiger partial charge in [0, 0.05) is 0 Å². The highest BCUT2D eigenvalue weighted by molar-refractivity contribution is 5.06. The quantitative estimate of drug-likeness (QED) is 0.627. The number of rotatable bonds is 4. The first-order chi connectivity index (χ1) is 5.04. The summed E-state index contributed by atoms with van der Waals surface area (Å²) >= 11 is 0. The van der Waals surface area contributed by atoms with Gasteiger partial charge in [-0.25, -0.2) is 4.39 Å². The SMILES string of the molecule is C=C(C)CCC(N)(C#N)CF. The highest BCUT2D eigenvalue weighted by Gasteiger charge is 2.23. The third-order valence-corrected chi connectivity index (χ3v) is 1.46. The number of nitrogens with two attached hydrogens (primary N) is 1. The number of nitrogens with zero attached hydrogens (tertiary/aromatic N) is 1. The van der Waals surface area contributed by atoms with Gasteiger partial charge in [0.15, 0.2) is 0 Å². The molecule has 0 aromatic heterocycles. The lowest BCUT2D eigenvalue weighted by atomic mass is 9.96. The van der Waals surface area contributed by atoms with Gasteiger partial charge >= 0.3 is 0 Å². The Kier molecular flexibility index (Phi) is 3.77. The molecule has 11 heavy (non-hydrogen) atoms. The second kappa shape index (κ2) is 4.09. The van der Waals surface area contributed by atoms with Gasteiger partial charge in [-0.05, 0) is 19.8 Å². The zero-order valence-corrected chi connectivity index (χ0v) is 6.73. The lowest BCUT2D eigenvalue weighted by molar-refractivity contribution is 0.351. The van der Waals surface area contributed by atoms with E-state index in [9.17, 15) is 4.39 Å². The molecular weight excluding hydrogens is 143 g/mol. The van der Waals surface area contributed by atoms with E-state index < -0.39 is 12.2 Å². The van der Waals surface area contributed by atoms with Crippen molar-refractivity contribution in [1.82, 2.24) is 0 Å². The normalized spacial score (nSPS) is 15.1. The standard InChI is InChI=1S/C8H13FN2/c1-7(2)3-4-8(11,5-9)6-10/h1,3-5,11H2,2H3. The Hall–Kier alpha value is -0.880. The van der Waals surface area contributed by atoms with Crippen LogP contribution in [0.5, 0.6) is 0 Å². The summed E-state index contributed by atoms with van der Waals surface area (Å²) in [6.07, 6.45) is 0.948. The smallest absolute Gasteiger partial charge is 0.133 e. The van der Waals surface area contributed by atoms with E-state index in [0.717, 1.165) is 5.57 Å². The zero-order valence-electron chi connectivity index (χ0n) is 6.73. The van der Waals surface area contributed by atoms with Gasteiger partial charge in [0.05, 0.1) is 6.07 Å². The lowest BCUT2D eigenvalue weighted by Gasteiger charge is -2.16. The number of allylic oxidation sites excluding steroid dienone is 1. The molecule has 62 valence electrons. The van der Waals surface area contributed by atoms with Gasteiger partial charge in [0.25, 0.3) is 0 Å². The first-order valence-electron chi connectivity index (χ1n) is 3.44. The number of halogens is 1. The molecule has 0 aliphatic rings. The molecule has 0 rings (SSSR count). The van der Waals surface area contributed by atoms with Gasteiger partial charge in [-0.2, -0.15) is 5.26 Å². The molecule has 3 heteroatoms. The van der Waals surface area contributed by atoms with Gasteiger partial charge in [-0.3, -0.25) is 0 Å². The predicted molar refractivity (Wildman–Crippen MR) is 42.6 cm³/mol. The van der Waals surface area contributed by atoms with Gasteiger partial charge in [0.2, 0.25) is 0 Å². The molecule has 0 fully saturated rings. The molecule has 0 spiro atoms. The van der Waals surface area contributed by atoms with Gasteiger partial charge in [-0.15, -0.1) is 6.58 Å². The first kappa shape index (κ1) is 10.1. The van der Waals surface area contributed by atoms with E-state index in [1.54, 1.807) is 6.07 Å². The van der Waals surface area contributed by atoms with E-state index in [0.29, 0.717) is 12.8 Å². The van der Waals surface area contributed by atoms with Crippen LogP contribution in [0.25, 0.3) is 0 Å². The van der Waals surface area contributed by atoms with Gasteiger partial charge < -0.3 is 5.73 Å². The molecule has 1 unspecified atom stereocenters. The third kappa shape index (κ3) is 3.74. The van der Waals surface area contributed by atoms with Crippen LogP contribution in [0.15, 0.2) is 12.2 Å². The molecule has 0 aromatic rings. The van der Waals surface area contributed by atoms with E-state index in [1.807, 2.05) is 6.92 Å². The molecule has 0 aliphatic heterocycles. The van der Waals surface area contributed by atoms with Crippen molar-refractivity contribution in [2.75, 3.05) is 6.67 Å². The van der Waals surface area contributed by atoms with Crippen LogP contribution in [0.4, 0.5) is 4.39 Å². The number of hydrogen-bond acceptors (Lipinski definition) is 2. The Labute approximate surface area is 66.5 Å². The Morgan fingerprint density at radius 2 is 2.36 bits per heavy atom.